The number of allylic oxidation sites excluding steroid dienone is 2. The number of hydrogen-bond acceptors (Lipinski definition) is 1. The smallest absolute Gasteiger partial charge is 0.403 e. The largest absolute Gasteiger partial charge is 0.573 e. The van der Waals surface area contributed by atoms with Gasteiger partial charge in [-0.15, -0.1) is 13.2 Å². The van der Waals surface area contributed by atoms with Gasteiger partial charge in [0, 0.05) is 5.56 Å². The molecule has 0 bridgehead atoms. The maximum Gasteiger partial charge on any atom is 0.573 e. The minimum absolute atomic E-state index is 0.297. The van der Waals surface area contributed by atoms with E-state index in [4.69, 9.17) is 0 Å². The van der Waals surface area contributed by atoms with E-state index in [1.165, 1.54) is 17.2 Å². The monoisotopic (exact) mass is 416 g/mol. The molecule has 2 aromatic rings. The average Bonchev–Trinajstić information content (AvgIpc) is 2.73. The van der Waals surface area contributed by atoms with Crippen LogP contribution in [0.2, 0.25) is 0 Å². The molecule has 2 aromatic carbocycles. The van der Waals surface area contributed by atoms with Crippen molar-refractivity contribution in [1.82, 2.24) is 0 Å². The molecular formula is C25H24F4O. The highest BCUT2D eigenvalue weighted by Gasteiger charge is 2.32. The van der Waals surface area contributed by atoms with E-state index in [0.717, 1.165) is 44.2 Å². The molecule has 1 aliphatic carbocycles. The molecule has 0 aromatic heterocycles. The lowest BCUT2D eigenvalue weighted by Crippen LogP contribution is -2.17. The number of halogens is 4. The molecule has 1 saturated carbocycles. The van der Waals surface area contributed by atoms with Crippen molar-refractivity contribution in [2.75, 3.05) is 0 Å². The summed E-state index contributed by atoms with van der Waals surface area (Å²) < 4.78 is 53.8. The van der Waals surface area contributed by atoms with Gasteiger partial charge in [-0.1, -0.05) is 49.1 Å². The summed E-state index contributed by atoms with van der Waals surface area (Å²) in [7, 11) is 0. The third kappa shape index (κ3) is 6.38. The van der Waals surface area contributed by atoms with Crippen molar-refractivity contribution in [3.8, 4) is 17.6 Å². The van der Waals surface area contributed by atoms with Crippen LogP contribution >= 0.6 is 0 Å². The van der Waals surface area contributed by atoms with Gasteiger partial charge in [0.15, 0.2) is 11.6 Å². The maximum absolute atomic E-state index is 13.7. The lowest BCUT2D eigenvalue weighted by atomic mass is 9.78. The molecule has 0 aliphatic heterocycles. The number of rotatable bonds is 4. The average molecular weight is 416 g/mol. The molecule has 5 heteroatoms. The molecule has 0 N–H and O–H groups in total. The Kier molecular flexibility index (Phi) is 7.20. The third-order valence-corrected chi connectivity index (χ3v) is 5.46. The van der Waals surface area contributed by atoms with Crippen LogP contribution in [-0.4, -0.2) is 6.36 Å². The predicted octanol–water partition coefficient (Wildman–Crippen LogP) is 7.17. The second-order valence-electron chi connectivity index (χ2n) is 7.53. The zero-order chi connectivity index (χ0) is 21.6. The second kappa shape index (κ2) is 9.84. The molecular weight excluding hydrogens is 392 g/mol. The van der Waals surface area contributed by atoms with Crippen LogP contribution in [0.25, 0.3) is 0 Å². The van der Waals surface area contributed by atoms with Crippen molar-refractivity contribution in [2.45, 2.75) is 51.3 Å². The molecule has 1 aliphatic rings. The number of benzene rings is 2. The third-order valence-electron chi connectivity index (χ3n) is 5.46. The Morgan fingerprint density at radius 3 is 2.33 bits per heavy atom. The topological polar surface area (TPSA) is 9.23 Å². The van der Waals surface area contributed by atoms with Gasteiger partial charge < -0.3 is 4.74 Å². The summed E-state index contributed by atoms with van der Waals surface area (Å²) in [4.78, 5) is 0. The molecule has 0 saturated heterocycles. The molecule has 0 amide bonds. The first-order valence-electron chi connectivity index (χ1n) is 10.2. The fourth-order valence-electron chi connectivity index (χ4n) is 3.77. The van der Waals surface area contributed by atoms with E-state index in [-0.39, 0.29) is 0 Å². The Balaban J connectivity index is 1.51. The van der Waals surface area contributed by atoms with Crippen molar-refractivity contribution in [2.24, 2.45) is 5.92 Å². The summed E-state index contributed by atoms with van der Waals surface area (Å²) in [5.74, 6) is 4.71. The van der Waals surface area contributed by atoms with Gasteiger partial charge >= 0.3 is 6.36 Å². The molecule has 0 heterocycles. The van der Waals surface area contributed by atoms with Crippen LogP contribution in [-0.2, 0) is 6.42 Å². The highest BCUT2D eigenvalue weighted by atomic mass is 19.4. The summed E-state index contributed by atoms with van der Waals surface area (Å²) in [6.07, 6.45) is 4.41. The van der Waals surface area contributed by atoms with Crippen LogP contribution in [0.4, 0.5) is 17.6 Å². The molecule has 1 nitrogen and oxygen atoms in total. The van der Waals surface area contributed by atoms with E-state index < -0.39 is 17.9 Å². The molecule has 0 radical (unpaired) electrons. The summed E-state index contributed by atoms with van der Waals surface area (Å²) in [6.45, 7) is 2.16. The van der Waals surface area contributed by atoms with Gasteiger partial charge in [-0.25, -0.2) is 4.39 Å². The van der Waals surface area contributed by atoms with Crippen LogP contribution in [0.15, 0.2) is 54.6 Å². The van der Waals surface area contributed by atoms with Crippen molar-refractivity contribution < 1.29 is 22.3 Å². The van der Waals surface area contributed by atoms with E-state index in [2.05, 4.69) is 53.8 Å². The number of aryl methyl sites for hydroxylation is 1. The minimum atomic E-state index is -4.92. The van der Waals surface area contributed by atoms with Crippen LogP contribution in [0.5, 0.6) is 5.75 Å². The van der Waals surface area contributed by atoms with E-state index >= 15 is 0 Å². The highest BCUT2D eigenvalue weighted by Crippen LogP contribution is 2.36. The first kappa shape index (κ1) is 22.0. The highest BCUT2D eigenvalue weighted by molar-refractivity contribution is 5.41. The normalized spacial score (nSPS) is 19.4. The van der Waals surface area contributed by atoms with Crippen LogP contribution in [0.3, 0.4) is 0 Å². The van der Waals surface area contributed by atoms with Gasteiger partial charge in [-0.3, -0.25) is 0 Å². The van der Waals surface area contributed by atoms with Gasteiger partial charge in [0.05, 0.1) is 0 Å². The Morgan fingerprint density at radius 2 is 1.73 bits per heavy atom. The van der Waals surface area contributed by atoms with Crippen LogP contribution in [0.1, 0.15) is 55.2 Å². The van der Waals surface area contributed by atoms with E-state index in [1.54, 1.807) is 6.08 Å². The standard InChI is InChI=1S/C25H24F4O/c1-2-18-7-12-21(13-8-18)22-14-9-19(10-15-22)5-3-4-6-20-11-16-24(23(26)17-20)30-25(27,28)29/h3,5,7-8,11-13,16-17,19,22H,2,9-10,14-15H2,1H3/b5-3+/t19-,22-. The zero-order valence-electron chi connectivity index (χ0n) is 16.8. The van der Waals surface area contributed by atoms with Crippen molar-refractivity contribution >= 4 is 0 Å². The second-order valence-corrected chi connectivity index (χ2v) is 7.53. The van der Waals surface area contributed by atoms with Crippen LogP contribution in [0, 0.1) is 23.6 Å². The van der Waals surface area contributed by atoms with Crippen molar-refractivity contribution in [3.63, 3.8) is 0 Å². The molecule has 1 fully saturated rings. The zero-order valence-corrected chi connectivity index (χ0v) is 16.8. The molecule has 0 atom stereocenters. The molecule has 158 valence electrons. The first-order chi connectivity index (χ1) is 14.3. The van der Waals surface area contributed by atoms with Gasteiger partial charge in [-0.2, -0.15) is 0 Å². The Labute approximate surface area is 174 Å². The van der Waals surface area contributed by atoms with E-state index in [9.17, 15) is 17.6 Å². The van der Waals surface area contributed by atoms with Crippen molar-refractivity contribution in [3.05, 3.63) is 77.1 Å². The Hall–Kier alpha value is -2.74. The van der Waals surface area contributed by atoms with Gasteiger partial charge in [0.25, 0.3) is 0 Å². The molecule has 0 unspecified atom stereocenters. The fourth-order valence-corrected chi connectivity index (χ4v) is 3.77. The minimum Gasteiger partial charge on any atom is -0.403 e. The summed E-state index contributed by atoms with van der Waals surface area (Å²) in [5, 5.41) is 0. The first-order valence-corrected chi connectivity index (χ1v) is 10.2. The predicted molar refractivity (Wildman–Crippen MR) is 110 cm³/mol. The fraction of sp³-hybridized carbons (Fsp3) is 0.360. The van der Waals surface area contributed by atoms with E-state index in [0.29, 0.717) is 17.4 Å². The number of alkyl halides is 3. The Bertz CT molecular complexity index is 924. The summed E-state index contributed by atoms with van der Waals surface area (Å²) >= 11 is 0. The number of ether oxygens (including phenoxy) is 1. The lowest BCUT2D eigenvalue weighted by molar-refractivity contribution is -0.275. The molecule has 0 spiro atoms. The quantitative estimate of drug-likeness (QED) is 0.379. The number of hydrogen-bond donors (Lipinski definition) is 0. The van der Waals surface area contributed by atoms with Gasteiger partial charge in [0.2, 0.25) is 0 Å². The Morgan fingerprint density at radius 1 is 1.03 bits per heavy atom. The SMILES string of the molecule is CCc1ccc([C@H]2CC[C@H](/C=C/C#Cc3ccc(OC(F)(F)F)c(F)c3)CC2)cc1. The lowest BCUT2D eigenvalue weighted by Gasteiger charge is -2.27. The van der Waals surface area contributed by atoms with Gasteiger partial charge in [0.1, 0.15) is 0 Å². The summed E-state index contributed by atoms with van der Waals surface area (Å²) in [5.41, 5.74) is 3.07. The summed E-state index contributed by atoms with van der Waals surface area (Å²) in [6, 6.07) is 12.1. The van der Waals surface area contributed by atoms with Gasteiger partial charge in [-0.05, 0) is 79.3 Å². The molecule has 3 rings (SSSR count). The van der Waals surface area contributed by atoms with Crippen LogP contribution < -0.4 is 4.74 Å². The van der Waals surface area contributed by atoms with E-state index in [1.807, 2.05) is 0 Å². The van der Waals surface area contributed by atoms with Crippen molar-refractivity contribution in [1.29, 1.82) is 0 Å². The maximum atomic E-state index is 13.7. The molecule has 30 heavy (non-hydrogen) atoms.